The summed E-state index contributed by atoms with van der Waals surface area (Å²) in [5.74, 6) is 0.874. The van der Waals surface area contributed by atoms with E-state index in [0.717, 1.165) is 0 Å². The second kappa shape index (κ2) is 4.74. The number of aromatic nitrogens is 2. The van der Waals surface area contributed by atoms with E-state index in [1.54, 1.807) is 10.6 Å². The summed E-state index contributed by atoms with van der Waals surface area (Å²) in [7, 11) is 0. The first-order valence-electron chi connectivity index (χ1n) is 6.86. The second-order valence-electron chi connectivity index (χ2n) is 5.58. The van der Waals surface area contributed by atoms with Crippen molar-refractivity contribution in [2.24, 2.45) is 5.92 Å². The molecule has 3 rings (SSSR count). The average molecular weight is 271 g/mol. The molecule has 1 amide bonds. The largest absolute Gasteiger partial charge is 0.347 e. The highest BCUT2D eigenvalue weighted by Gasteiger charge is 2.30. The van der Waals surface area contributed by atoms with Crippen LogP contribution in [0.25, 0.3) is 10.9 Å². The van der Waals surface area contributed by atoms with Gasteiger partial charge in [0.15, 0.2) is 0 Å². The van der Waals surface area contributed by atoms with Gasteiger partial charge in [0.2, 0.25) is 5.91 Å². The zero-order valence-electron chi connectivity index (χ0n) is 11.6. The zero-order chi connectivity index (χ0) is 14.3. The van der Waals surface area contributed by atoms with Crippen molar-refractivity contribution in [3.8, 4) is 0 Å². The SMILES string of the molecule is CC(C)CC1C(=O)NCc2nc3ccccc3c(=O)n21. The lowest BCUT2D eigenvalue weighted by Crippen LogP contribution is -2.45. The van der Waals surface area contributed by atoms with Crippen molar-refractivity contribution in [2.75, 3.05) is 0 Å². The molecule has 0 saturated heterocycles. The van der Waals surface area contributed by atoms with Gasteiger partial charge in [0.25, 0.3) is 5.56 Å². The molecule has 1 aromatic carbocycles. The fraction of sp³-hybridized carbons (Fsp3) is 0.400. The first-order chi connectivity index (χ1) is 9.58. The predicted molar refractivity (Wildman–Crippen MR) is 76.3 cm³/mol. The van der Waals surface area contributed by atoms with Crippen LogP contribution in [0.3, 0.4) is 0 Å². The first-order valence-corrected chi connectivity index (χ1v) is 6.86. The predicted octanol–water partition coefficient (Wildman–Crippen LogP) is 1.61. The van der Waals surface area contributed by atoms with E-state index in [9.17, 15) is 9.59 Å². The van der Waals surface area contributed by atoms with E-state index in [0.29, 0.717) is 35.6 Å². The molecule has 1 aliphatic rings. The zero-order valence-corrected chi connectivity index (χ0v) is 11.6. The lowest BCUT2D eigenvalue weighted by molar-refractivity contribution is -0.126. The van der Waals surface area contributed by atoms with Gasteiger partial charge in [-0.1, -0.05) is 26.0 Å². The van der Waals surface area contributed by atoms with Crippen LogP contribution in [0.5, 0.6) is 0 Å². The first kappa shape index (κ1) is 12.8. The van der Waals surface area contributed by atoms with Crippen LogP contribution in [0.2, 0.25) is 0 Å². The summed E-state index contributed by atoms with van der Waals surface area (Å²) in [4.78, 5) is 29.3. The van der Waals surface area contributed by atoms with Crippen LogP contribution in [-0.4, -0.2) is 15.5 Å². The molecule has 1 aliphatic heterocycles. The Kier molecular flexibility index (Phi) is 3.04. The minimum absolute atomic E-state index is 0.0922. The lowest BCUT2D eigenvalue weighted by Gasteiger charge is -2.28. The Bertz CT molecular complexity index is 733. The highest BCUT2D eigenvalue weighted by Crippen LogP contribution is 2.22. The molecule has 1 unspecified atom stereocenters. The molecule has 5 heteroatoms. The number of carbonyl (C=O) groups excluding carboxylic acids is 1. The van der Waals surface area contributed by atoms with Gasteiger partial charge < -0.3 is 5.32 Å². The Morgan fingerprint density at radius 3 is 2.85 bits per heavy atom. The Hall–Kier alpha value is -2.17. The number of rotatable bonds is 2. The number of carbonyl (C=O) groups is 1. The summed E-state index contributed by atoms with van der Waals surface area (Å²) >= 11 is 0. The van der Waals surface area contributed by atoms with Gasteiger partial charge in [-0.05, 0) is 24.5 Å². The van der Waals surface area contributed by atoms with Gasteiger partial charge in [-0.15, -0.1) is 0 Å². The van der Waals surface area contributed by atoms with E-state index >= 15 is 0 Å². The lowest BCUT2D eigenvalue weighted by atomic mass is 10.0. The Morgan fingerprint density at radius 1 is 1.35 bits per heavy atom. The van der Waals surface area contributed by atoms with Gasteiger partial charge >= 0.3 is 0 Å². The van der Waals surface area contributed by atoms with Gasteiger partial charge in [-0.25, -0.2) is 4.98 Å². The number of benzene rings is 1. The topological polar surface area (TPSA) is 64.0 Å². The summed E-state index contributed by atoms with van der Waals surface area (Å²) in [6.45, 7) is 4.40. The van der Waals surface area contributed by atoms with E-state index in [1.807, 2.05) is 32.0 Å². The number of fused-ring (bicyclic) bond motifs is 2. The van der Waals surface area contributed by atoms with Crippen LogP contribution in [0.1, 0.15) is 32.1 Å². The van der Waals surface area contributed by atoms with Crippen LogP contribution in [0.15, 0.2) is 29.1 Å². The van der Waals surface area contributed by atoms with Crippen molar-refractivity contribution in [1.29, 1.82) is 0 Å². The maximum absolute atomic E-state index is 12.7. The van der Waals surface area contributed by atoms with Gasteiger partial charge in [-0.3, -0.25) is 14.2 Å². The van der Waals surface area contributed by atoms with Crippen molar-refractivity contribution in [3.63, 3.8) is 0 Å². The Labute approximate surface area is 116 Å². The monoisotopic (exact) mass is 271 g/mol. The molecule has 1 atom stereocenters. The van der Waals surface area contributed by atoms with E-state index in [2.05, 4.69) is 10.3 Å². The molecule has 0 saturated carbocycles. The smallest absolute Gasteiger partial charge is 0.262 e. The molecular weight excluding hydrogens is 254 g/mol. The number of hydrogen-bond donors (Lipinski definition) is 1. The van der Waals surface area contributed by atoms with Crippen molar-refractivity contribution >= 4 is 16.8 Å². The summed E-state index contributed by atoms with van der Waals surface area (Å²) in [6, 6.07) is 6.81. The summed E-state index contributed by atoms with van der Waals surface area (Å²) < 4.78 is 1.57. The molecular formula is C15H17N3O2. The fourth-order valence-electron chi connectivity index (χ4n) is 2.70. The third kappa shape index (κ3) is 1.99. The summed E-state index contributed by atoms with van der Waals surface area (Å²) in [5, 5.41) is 3.39. The third-order valence-corrected chi connectivity index (χ3v) is 3.61. The number of nitrogens with zero attached hydrogens (tertiary/aromatic N) is 2. The van der Waals surface area contributed by atoms with Crippen molar-refractivity contribution in [2.45, 2.75) is 32.9 Å². The average Bonchev–Trinajstić information content (AvgIpc) is 2.42. The fourth-order valence-corrected chi connectivity index (χ4v) is 2.70. The highest BCUT2D eigenvalue weighted by atomic mass is 16.2. The van der Waals surface area contributed by atoms with Crippen LogP contribution in [-0.2, 0) is 11.3 Å². The number of nitrogens with one attached hydrogen (secondary N) is 1. The molecule has 1 N–H and O–H groups in total. The highest BCUT2D eigenvalue weighted by molar-refractivity contribution is 5.83. The molecule has 104 valence electrons. The molecule has 20 heavy (non-hydrogen) atoms. The van der Waals surface area contributed by atoms with Gasteiger partial charge in [0.1, 0.15) is 11.9 Å². The molecule has 0 spiro atoms. The molecule has 0 radical (unpaired) electrons. The van der Waals surface area contributed by atoms with E-state index in [-0.39, 0.29) is 11.5 Å². The summed E-state index contributed by atoms with van der Waals surface area (Å²) in [5.41, 5.74) is 0.564. The molecule has 2 heterocycles. The number of amides is 1. The standard InChI is InChI=1S/C15H17N3O2/c1-9(2)7-12-14(19)16-8-13-17-11-6-4-3-5-10(11)15(20)18(12)13/h3-6,9,12H,7-8H2,1-2H3,(H,16,19). The van der Waals surface area contributed by atoms with Crippen LogP contribution in [0.4, 0.5) is 0 Å². The maximum atomic E-state index is 12.7. The van der Waals surface area contributed by atoms with Crippen LogP contribution >= 0.6 is 0 Å². The van der Waals surface area contributed by atoms with E-state index < -0.39 is 6.04 Å². The number of hydrogen-bond acceptors (Lipinski definition) is 3. The molecule has 5 nitrogen and oxygen atoms in total. The van der Waals surface area contributed by atoms with Gasteiger partial charge in [0, 0.05) is 0 Å². The number of para-hydroxylation sites is 1. The Balaban J connectivity index is 2.25. The minimum Gasteiger partial charge on any atom is -0.347 e. The van der Waals surface area contributed by atoms with Crippen LogP contribution in [0, 0.1) is 5.92 Å². The van der Waals surface area contributed by atoms with Gasteiger partial charge in [0.05, 0.1) is 17.4 Å². The van der Waals surface area contributed by atoms with E-state index in [4.69, 9.17) is 0 Å². The minimum atomic E-state index is -0.455. The molecule has 0 fully saturated rings. The van der Waals surface area contributed by atoms with Crippen molar-refractivity contribution in [1.82, 2.24) is 14.9 Å². The van der Waals surface area contributed by atoms with Crippen LogP contribution < -0.4 is 10.9 Å². The molecule has 2 aromatic rings. The van der Waals surface area contributed by atoms with Crippen molar-refractivity contribution in [3.05, 3.63) is 40.4 Å². The second-order valence-corrected chi connectivity index (χ2v) is 5.58. The van der Waals surface area contributed by atoms with E-state index in [1.165, 1.54) is 0 Å². The normalized spacial score (nSPS) is 18.1. The van der Waals surface area contributed by atoms with Crippen molar-refractivity contribution < 1.29 is 4.79 Å². The Morgan fingerprint density at radius 2 is 2.10 bits per heavy atom. The quantitative estimate of drug-likeness (QED) is 0.902. The molecule has 1 aromatic heterocycles. The molecule has 0 aliphatic carbocycles. The molecule has 0 bridgehead atoms. The maximum Gasteiger partial charge on any atom is 0.262 e. The third-order valence-electron chi connectivity index (χ3n) is 3.61. The summed E-state index contributed by atoms with van der Waals surface area (Å²) in [6.07, 6.45) is 0.638. The van der Waals surface area contributed by atoms with Gasteiger partial charge in [-0.2, -0.15) is 0 Å².